The van der Waals surface area contributed by atoms with Crippen molar-refractivity contribution in [1.82, 2.24) is 5.32 Å². The van der Waals surface area contributed by atoms with Crippen molar-refractivity contribution in [3.63, 3.8) is 0 Å². The molecular weight excluding hydrogens is 265 g/mol. The smallest absolute Gasteiger partial charge is 0.314 e. The van der Waals surface area contributed by atoms with Gasteiger partial charge in [0.2, 0.25) is 0 Å². The number of piperidine rings is 1. The first-order valence-corrected chi connectivity index (χ1v) is 7.17. The lowest BCUT2D eigenvalue weighted by Crippen LogP contribution is -2.42. The third-order valence-electron chi connectivity index (χ3n) is 3.53. The van der Waals surface area contributed by atoms with E-state index in [1.54, 1.807) is 24.3 Å². The first-order valence-electron chi connectivity index (χ1n) is 6.46. The van der Waals surface area contributed by atoms with Gasteiger partial charge in [-0.1, -0.05) is 18.6 Å². The van der Waals surface area contributed by atoms with Crippen LogP contribution in [0.15, 0.2) is 29.2 Å². The van der Waals surface area contributed by atoms with Gasteiger partial charge in [0, 0.05) is 10.9 Å². The van der Waals surface area contributed by atoms with Crippen molar-refractivity contribution in [2.24, 2.45) is 0 Å². The highest BCUT2D eigenvalue weighted by Gasteiger charge is 2.31. The van der Waals surface area contributed by atoms with Crippen molar-refractivity contribution in [2.45, 2.75) is 36.1 Å². The molecule has 1 aliphatic heterocycles. The summed E-state index contributed by atoms with van der Waals surface area (Å²) < 4.78 is 17.4. The number of hydrogen-bond acceptors (Lipinski definition) is 4. The Morgan fingerprint density at radius 3 is 2.68 bits per heavy atom. The summed E-state index contributed by atoms with van der Waals surface area (Å²) in [6.07, 6.45) is 3.21. The van der Waals surface area contributed by atoms with Gasteiger partial charge >= 0.3 is 5.97 Å². The third kappa shape index (κ3) is 3.48. The van der Waals surface area contributed by atoms with Crippen LogP contribution in [-0.4, -0.2) is 25.7 Å². The summed E-state index contributed by atoms with van der Waals surface area (Å²) >= 11 is 0.207. The minimum atomic E-state index is -0.316. The van der Waals surface area contributed by atoms with Gasteiger partial charge in [-0.25, -0.2) is 0 Å². The Hall–Kier alpha value is -1.07. The lowest BCUT2D eigenvalue weighted by Gasteiger charge is -2.30. The van der Waals surface area contributed by atoms with Crippen LogP contribution < -0.4 is 5.32 Å². The number of ether oxygens (including phenoxy) is 1. The SMILES string of the molecule is COC(=O)C(c1ccc(SF)cc1)C1CCCCN1. The topological polar surface area (TPSA) is 38.3 Å². The van der Waals surface area contributed by atoms with Gasteiger partial charge in [0.15, 0.2) is 0 Å². The molecule has 2 unspecified atom stereocenters. The van der Waals surface area contributed by atoms with E-state index in [2.05, 4.69) is 5.32 Å². The van der Waals surface area contributed by atoms with Crippen LogP contribution in [0.5, 0.6) is 0 Å². The van der Waals surface area contributed by atoms with E-state index < -0.39 is 0 Å². The van der Waals surface area contributed by atoms with E-state index in [0.29, 0.717) is 4.90 Å². The second-order valence-electron chi connectivity index (χ2n) is 4.70. The van der Waals surface area contributed by atoms with Crippen LogP contribution in [0.1, 0.15) is 30.7 Å². The number of esters is 1. The largest absolute Gasteiger partial charge is 0.469 e. The van der Waals surface area contributed by atoms with Gasteiger partial charge < -0.3 is 10.1 Å². The molecule has 0 saturated carbocycles. The van der Waals surface area contributed by atoms with Gasteiger partial charge in [-0.05, 0) is 37.1 Å². The number of halogens is 1. The molecule has 0 spiro atoms. The minimum Gasteiger partial charge on any atom is -0.469 e. The number of nitrogens with one attached hydrogen (secondary N) is 1. The zero-order valence-electron chi connectivity index (χ0n) is 10.9. The maximum absolute atomic E-state index is 12.5. The maximum atomic E-state index is 12.5. The van der Waals surface area contributed by atoms with Crippen LogP contribution in [0.2, 0.25) is 0 Å². The van der Waals surface area contributed by atoms with E-state index >= 15 is 0 Å². The van der Waals surface area contributed by atoms with Crippen molar-refractivity contribution in [1.29, 1.82) is 0 Å². The zero-order chi connectivity index (χ0) is 13.7. The van der Waals surface area contributed by atoms with Gasteiger partial charge in [0.1, 0.15) is 0 Å². The van der Waals surface area contributed by atoms with Crippen molar-refractivity contribution < 1.29 is 13.4 Å². The summed E-state index contributed by atoms with van der Waals surface area (Å²) in [6, 6.07) is 7.10. The fourth-order valence-electron chi connectivity index (χ4n) is 2.55. The van der Waals surface area contributed by atoms with Gasteiger partial charge in [-0.2, -0.15) is 3.89 Å². The van der Waals surface area contributed by atoms with Gasteiger partial charge in [0.05, 0.1) is 25.2 Å². The molecule has 0 radical (unpaired) electrons. The summed E-state index contributed by atoms with van der Waals surface area (Å²) in [5.41, 5.74) is 0.879. The molecule has 0 bridgehead atoms. The molecular formula is C14H18FNO2S. The minimum absolute atomic E-state index is 0.102. The molecule has 0 aliphatic carbocycles. The van der Waals surface area contributed by atoms with Crippen molar-refractivity contribution >= 4 is 18.1 Å². The number of rotatable bonds is 4. The van der Waals surface area contributed by atoms with Crippen LogP contribution in [0.3, 0.4) is 0 Å². The normalized spacial score (nSPS) is 20.8. The van der Waals surface area contributed by atoms with Crippen LogP contribution >= 0.6 is 12.1 Å². The molecule has 0 amide bonds. The lowest BCUT2D eigenvalue weighted by molar-refractivity contribution is -0.143. The molecule has 1 aliphatic rings. The van der Waals surface area contributed by atoms with Crippen LogP contribution in [0, 0.1) is 0 Å². The molecule has 5 heteroatoms. The highest BCUT2D eigenvalue weighted by molar-refractivity contribution is 7.94. The average molecular weight is 283 g/mol. The second-order valence-corrected chi connectivity index (χ2v) is 5.33. The van der Waals surface area contributed by atoms with Gasteiger partial charge in [0.25, 0.3) is 0 Å². The van der Waals surface area contributed by atoms with Crippen molar-refractivity contribution in [2.75, 3.05) is 13.7 Å². The van der Waals surface area contributed by atoms with Crippen LogP contribution in [0.25, 0.3) is 0 Å². The summed E-state index contributed by atoms with van der Waals surface area (Å²) in [6.45, 7) is 0.927. The average Bonchev–Trinajstić information content (AvgIpc) is 2.49. The Morgan fingerprint density at radius 1 is 1.42 bits per heavy atom. The highest BCUT2D eigenvalue weighted by Crippen LogP contribution is 2.28. The zero-order valence-corrected chi connectivity index (χ0v) is 11.7. The molecule has 2 rings (SSSR count). The van der Waals surface area contributed by atoms with E-state index in [4.69, 9.17) is 4.74 Å². The number of carbonyl (C=O) groups is 1. The van der Waals surface area contributed by atoms with E-state index in [9.17, 15) is 8.68 Å². The Kier molecular flexibility index (Phi) is 5.22. The number of benzene rings is 1. The summed E-state index contributed by atoms with van der Waals surface area (Å²) in [5.74, 6) is -0.552. The Morgan fingerprint density at radius 2 is 2.16 bits per heavy atom. The Labute approximate surface area is 117 Å². The van der Waals surface area contributed by atoms with Gasteiger partial charge in [-0.3, -0.25) is 4.79 Å². The van der Waals surface area contributed by atoms with E-state index in [-0.39, 0.29) is 30.1 Å². The summed E-state index contributed by atoms with van der Waals surface area (Å²) in [7, 11) is 1.41. The summed E-state index contributed by atoms with van der Waals surface area (Å²) in [5, 5.41) is 3.38. The fraction of sp³-hybridized carbons (Fsp3) is 0.500. The molecule has 2 atom stereocenters. The first-order chi connectivity index (χ1) is 9.26. The molecule has 1 fully saturated rings. The Balaban J connectivity index is 2.22. The summed E-state index contributed by atoms with van der Waals surface area (Å²) in [4.78, 5) is 12.6. The molecule has 0 aromatic heterocycles. The van der Waals surface area contributed by atoms with Gasteiger partial charge in [-0.15, -0.1) is 0 Å². The molecule has 1 heterocycles. The molecule has 19 heavy (non-hydrogen) atoms. The fourth-order valence-corrected chi connectivity index (χ4v) is 2.79. The van der Waals surface area contributed by atoms with E-state index in [0.717, 1.165) is 31.4 Å². The third-order valence-corrected chi connectivity index (χ3v) is 3.98. The van der Waals surface area contributed by atoms with Crippen LogP contribution in [-0.2, 0) is 9.53 Å². The number of hydrogen-bond donors (Lipinski definition) is 1. The highest BCUT2D eigenvalue weighted by atomic mass is 32.2. The Bertz CT molecular complexity index is 418. The predicted molar refractivity (Wildman–Crippen MR) is 73.8 cm³/mol. The molecule has 1 saturated heterocycles. The number of carbonyl (C=O) groups excluding carboxylic acids is 1. The molecule has 1 aromatic rings. The molecule has 1 N–H and O–H groups in total. The lowest BCUT2D eigenvalue weighted by atomic mass is 9.86. The predicted octanol–water partition coefficient (Wildman–Crippen LogP) is 3.06. The first kappa shape index (κ1) is 14.3. The molecule has 1 aromatic carbocycles. The van der Waals surface area contributed by atoms with E-state index in [1.165, 1.54) is 7.11 Å². The van der Waals surface area contributed by atoms with E-state index in [1.807, 2.05) is 0 Å². The van der Waals surface area contributed by atoms with Crippen molar-refractivity contribution in [3.8, 4) is 0 Å². The molecule has 104 valence electrons. The maximum Gasteiger partial charge on any atom is 0.314 e. The monoisotopic (exact) mass is 283 g/mol. The second kappa shape index (κ2) is 6.91. The standard InChI is InChI=1S/C14H18FNO2S/c1-18-14(17)13(12-4-2-3-9-16-12)10-5-7-11(19-15)8-6-10/h5-8,12-13,16H,2-4,9H2,1H3. The van der Waals surface area contributed by atoms with Crippen LogP contribution in [0.4, 0.5) is 3.89 Å². The quantitative estimate of drug-likeness (QED) is 0.862. The molecule has 3 nitrogen and oxygen atoms in total. The number of methoxy groups -OCH3 is 1. The van der Waals surface area contributed by atoms with Crippen molar-refractivity contribution in [3.05, 3.63) is 29.8 Å².